The van der Waals surface area contributed by atoms with E-state index in [1.54, 1.807) is 6.92 Å². The van der Waals surface area contributed by atoms with Gasteiger partial charge in [0.25, 0.3) is 0 Å². The summed E-state index contributed by atoms with van der Waals surface area (Å²) < 4.78 is 10.5. The van der Waals surface area contributed by atoms with Crippen LogP contribution < -0.4 is 0 Å². The molecular formula is C13H24O4. The molecule has 0 aliphatic heterocycles. The van der Waals surface area contributed by atoms with Crippen LogP contribution in [0.4, 0.5) is 0 Å². The van der Waals surface area contributed by atoms with E-state index in [-0.39, 0.29) is 5.78 Å². The van der Waals surface area contributed by atoms with Crippen molar-refractivity contribution in [3.8, 4) is 0 Å². The van der Waals surface area contributed by atoms with Crippen LogP contribution in [0.3, 0.4) is 0 Å². The highest BCUT2D eigenvalue weighted by molar-refractivity contribution is 5.78. The van der Waals surface area contributed by atoms with Gasteiger partial charge in [-0.05, 0) is 19.8 Å². The Morgan fingerprint density at radius 2 is 1.53 bits per heavy atom. The molecule has 0 saturated carbocycles. The topological polar surface area (TPSA) is 52.6 Å². The Labute approximate surface area is 104 Å². The third-order valence-corrected chi connectivity index (χ3v) is 2.24. The van der Waals surface area contributed by atoms with E-state index in [0.717, 1.165) is 12.8 Å². The molecule has 0 heterocycles. The van der Waals surface area contributed by atoms with Gasteiger partial charge in [0, 0.05) is 25.9 Å². The van der Waals surface area contributed by atoms with Crippen molar-refractivity contribution in [1.82, 2.24) is 0 Å². The Kier molecular flexibility index (Phi) is 11.2. The molecular weight excluding hydrogens is 220 g/mol. The molecule has 17 heavy (non-hydrogen) atoms. The minimum Gasteiger partial charge on any atom is -0.379 e. The second-order valence-electron chi connectivity index (χ2n) is 4.07. The first-order valence-electron chi connectivity index (χ1n) is 6.33. The van der Waals surface area contributed by atoms with Crippen molar-refractivity contribution >= 4 is 11.6 Å². The number of rotatable bonds is 12. The summed E-state index contributed by atoms with van der Waals surface area (Å²) >= 11 is 0. The van der Waals surface area contributed by atoms with Gasteiger partial charge < -0.3 is 9.47 Å². The SMILES string of the molecule is CCCC(=O)CCCOCCOCCC(C)=O. The Balaban J connectivity index is 3.08. The van der Waals surface area contributed by atoms with Gasteiger partial charge in [0.05, 0.1) is 19.8 Å². The van der Waals surface area contributed by atoms with Crippen molar-refractivity contribution in [1.29, 1.82) is 0 Å². The van der Waals surface area contributed by atoms with E-state index in [1.807, 2.05) is 6.92 Å². The average molecular weight is 244 g/mol. The number of Topliss-reactive ketones (excluding diaryl/α,β-unsaturated/α-hetero) is 2. The summed E-state index contributed by atoms with van der Waals surface area (Å²) in [6.45, 7) is 5.66. The molecule has 4 nitrogen and oxygen atoms in total. The Bertz CT molecular complexity index is 213. The van der Waals surface area contributed by atoms with E-state index < -0.39 is 0 Å². The minimum absolute atomic E-state index is 0.139. The summed E-state index contributed by atoms with van der Waals surface area (Å²) in [5.41, 5.74) is 0. The van der Waals surface area contributed by atoms with E-state index in [2.05, 4.69) is 0 Å². The second kappa shape index (κ2) is 11.7. The average Bonchev–Trinajstić information content (AvgIpc) is 2.27. The summed E-state index contributed by atoms with van der Waals surface area (Å²) in [6.07, 6.45) is 3.45. The molecule has 0 aliphatic rings. The van der Waals surface area contributed by atoms with E-state index in [9.17, 15) is 9.59 Å². The van der Waals surface area contributed by atoms with E-state index >= 15 is 0 Å². The van der Waals surface area contributed by atoms with Crippen molar-refractivity contribution in [2.45, 2.75) is 46.0 Å². The molecule has 0 aromatic heterocycles. The molecule has 0 atom stereocenters. The summed E-state index contributed by atoms with van der Waals surface area (Å²) in [5.74, 6) is 0.453. The van der Waals surface area contributed by atoms with Crippen molar-refractivity contribution in [3.63, 3.8) is 0 Å². The Hall–Kier alpha value is -0.740. The van der Waals surface area contributed by atoms with Crippen LogP contribution in [0.15, 0.2) is 0 Å². The third kappa shape index (κ3) is 13.2. The predicted molar refractivity (Wildman–Crippen MR) is 66.1 cm³/mol. The van der Waals surface area contributed by atoms with Crippen molar-refractivity contribution in [2.24, 2.45) is 0 Å². The van der Waals surface area contributed by atoms with Crippen LogP contribution in [0.5, 0.6) is 0 Å². The predicted octanol–water partition coefficient (Wildman–Crippen LogP) is 2.15. The highest BCUT2D eigenvalue weighted by Gasteiger charge is 1.99. The molecule has 0 aromatic carbocycles. The summed E-state index contributed by atoms with van der Waals surface area (Å²) in [5, 5.41) is 0. The minimum atomic E-state index is 0.139. The van der Waals surface area contributed by atoms with Gasteiger partial charge in [0.2, 0.25) is 0 Å². The summed E-state index contributed by atoms with van der Waals surface area (Å²) in [7, 11) is 0. The molecule has 0 radical (unpaired) electrons. The zero-order valence-electron chi connectivity index (χ0n) is 11.0. The smallest absolute Gasteiger partial charge is 0.132 e. The zero-order chi connectivity index (χ0) is 12.9. The van der Waals surface area contributed by atoms with Crippen LogP contribution in [-0.2, 0) is 19.1 Å². The van der Waals surface area contributed by atoms with Crippen LogP contribution >= 0.6 is 0 Å². The van der Waals surface area contributed by atoms with E-state index in [4.69, 9.17) is 9.47 Å². The van der Waals surface area contributed by atoms with Gasteiger partial charge in [-0.1, -0.05) is 6.92 Å². The standard InChI is InChI=1S/C13H24O4/c1-3-5-13(15)6-4-8-16-10-11-17-9-7-12(2)14/h3-11H2,1-2H3. The molecule has 0 bridgehead atoms. The lowest BCUT2D eigenvalue weighted by atomic mass is 10.1. The molecule has 0 rings (SSSR count). The summed E-state index contributed by atoms with van der Waals surface area (Å²) in [6, 6.07) is 0. The number of hydrogen-bond donors (Lipinski definition) is 0. The maximum atomic E-state index is 11.2. The fraction of sp³-hybridized carbons (Fsp3) is 0.846. The van der Waals surface area contributed by atoms with Gasteiger partial charge in [0.1, 0.15) is 11.6 Å². The maximum absolute atomic E-state index is 11.2. The molecule has 100 valence electrons. The first kappa shape index (κ1) is 16.3. The van der Waals surface area contributed by atoms with Crippen molar-refractivity contribution in [3.05, 3.63) is 0 Å². The van der Waals surface area contributed by atoms with Gasteiger partial charge in [-0.25, -0.2) is 0 Å². The van der Waals surface area contributed by atoms with Gasteiger partial charge in [0.15, 0.2) is 0 Å². The highest BCUT2D eigenvalue weighted by atomic mass is 16.5. The van der Waals surface area contributed by atoms with Crippen molar-refractivity contribution in [2.75, 3.05) is 26.4 Å². The molecule has 0 aromatic rings. The monoisotopic (exact) mass is 244 g/mol. The van der Waals surface area contributed by atoms with Gasteiger partial charge >= 0.3 is 0 Å². The first-order chi connectivity index (χ1) is 8.16. The highest BCUT2D eigenvalue weighted by Crippen LogP contribution is 1.98. The molecule has 0 N–H and O–H groups in total. The molecule has 0 unspecified atom stereocenters. The van der Waals surface area contributed by atoms with Crippen LogP contribution in [0.2, 0.25) is 0 Å². The Morgan fingerprint density at radius 3 is 2.12 bits per heavy atom. The van der Waals surface area contributed by atoms with Crippen LogP contribution in [-0.4, -0.2) is 38.0 Å². The second-order valence-corrected chi connectivity index (χ2v) is 4.07. The third-order valence-electron chi connectivity index (χ3n) is 2.24. The first-order valence-corrected chi connectivity index (χ1v) is 6.33. The fourth-order valence-electron chi connectivity index (χ4n) is 1.31. The maximum Gasteiger partial charge on any atom is 0.132 e. The van der Waals surface area contributed by atoms with Crippen LogP contribution in [0.1, 0.15) is 46.0 Å². The van der Waals surface area contributed by atoms with Crippen LogP contribution in [0, 0.1) is 0 Å². The quantitative estimate of drug-likeness (QED) is 0.494. The number of ketones is 2. The largest absolute Gasteiger partial charge is 0.379 e. The lowest BCUT2D eigenvalue weighted by molar-refractivity contribution is -0.119. The molecule has 4 heteroatoms. The fourth-order valence-corrected chi connectivity index (χ4v) is 1.31. The number of carbonyl (C=O) groups excluding carboxylic acids is 2. The number of carbonyl (C=O) groups is 2. The molecule has 0 spiro atoms. The van der Waals surface area contributed by atoms with Crippen LogP contribution in [0.25, 0.3) is 0 Å². The van der Waals surface area contributed by atoms with E-state index in [0.29, 0.717) is 51.5 Å². The van der Waals surface area contributed by atoms with Gasteiger partial charge in [-0.15, -0.1) is 0 Å². The normalized spacial score (nSPS) is 10.5. The molecule has 0 aliphatic carbocycles. The molecule has 0 amide bonds. The zero-order valence-corrected chi connectivity index (χ0v) is 11.0. The number of hydrogen-bond acceptors (Lipinski definition) is 4. The number of ether oxygens (including phenoxy) is 2. The lowest BCUT2D eigenvalue weighted by Crippen LogP contribution is -2.08. The van der Waals surface area contributed by atoms with E-state index in [1.165, 1.54) is 0 Å². The lowest BCUT2D eigenvalue weighted by Gasteiger charge is -2.04. The summed E-state index contributed by atoms with van der Waals surface area (Å²) in [4.78, 5) is 21.8. The molecule has 0 fully saturated rings. The van der Waals surface area contributed by atoms with Crippen molar-refractivity contribution < 1.29 is 19.1 Å². The van der Waals surface area contributed by atoms with Gasteiger partial charge in [-0.2, -0.15) is 0 Å². The molecule has 0 saturated heterocycles. The Morgan fingerprint density at radius 1 is 0.882 bits per heavy atom. The van der Waals surface area contributed by atoms with Gasteiger partial charge in [-0.3, -0.25) is 9.59 Å².